The van der Waals surface area contributed by atoms with Crippen molar-refractivity contribution in [3.8, 4) is 0 Å². The number of hydrogen-bond acceptors (Lipinski definition) is 5. The van der Waals surface area contributed by atoms with E-state index in [0.717, 1.165) is 5.56 Å². The van der Waals surface area contributed by atoms with E-state index in [4.69, 9.17) is 16.3 Å². The van der Waals surface area contributed by atoms with Crippen molar-refractivity contribution in [2.24, 2.45) is 4.36 Å². The van der Waals surface area contributed by atoms with Crippen molar-refractivity contribution in [1.29, 1.82) is 0 Å². The van der Waals surface area contributed by atoms with Crippen molar-refractivity contribution in [3.63, 3.8) is 0 Å². The van der Waals surface area contributed by atoms with Crippen LogP contribution in [0, 0.1) is 5.82 Å². The largest absolute Gasteiger partial charge is 0.443 e. The summed E-state index contributed by atoms with van der Waals surface area (Å²) in [5.41, 5.74) is -0.982. The van der Waals surface area contributed by atoms with Crippen LogP contribution < -0.4 is 5.32 Å². The van der Waals surface area contributed by atoms with Crippen LogP contribution in [0.1, 0.15) is 40.0 Å². The summed E-state index contributed by atoms with van der Waals surface area (Å²) in [7, 11) is -3.19. The van der Waals surface area contributed by atoms with Gasteiger partial charge in [0, 0.05) is 18.1 Å². The third kappa shape index (κ3) is 5.81. The van der Waals surface area contributed by atoms with Crippen LogP contribution in [-0.2, 0) is 32.0 Å². The van der Waals surface area contributed by atoms with E-state index in [1.54, 1.807) is 24.3 Å². The molecule has 2 aromatic carbocycles. The molecule has 0 spiro atoms. The smallest absolute Gasteiger partial charge is 0.442 e. The molecule has 1 unspecified atom stereocenters. The van der Waals surface area contributed by atoms with E-state index in [2.05, 4.69) is 14.7 Å². The van der Waals surface area contributed by atoms with Gasteiger partial charge in [0.25, 0.3) is 5.91 Å². The van der Waals surface area contributed by atoms with Gasteiger partial charge in [-0.1, -0.05) is 41.9 Å². The number of aromatic nitrogens is 1. The average molecular weight is 570 g/mol. The summed E-state index contributed by atoms with van der Waals surface area (Å²) in [4.78, 5) is 29.1. The molecular weight excluding hydrogens is 550 g/mol. The molecule has 1 aliphatic carbocycles. The van der Waals surface area contributed by atoms with Crippen molar-refractivity contribution in [3.05, 3.63) is 94.0 Å². The lowest BCUT2D eigenvalue weighted by atomic mass is 10.1. The molecule has 1 aliphatic rings. The summed E-state index contributed by atoms with van der Waals surface area (Å²) < 4.78 is 74.5. The molecule has 0 bridgehead atoms. The van der Waals surface area contributed by atoms with Crippen LogP contribution in [0.5, 0.6) is 0 Å². The minimum atomic E-state index is -4.89. The molecule has 200 valence electrons. The Labute approximate surface area is 220 Å². The summed E-state index contributed by atoms with van der Waals surface area (Å²) >= 11 is 5.62. The first-order valence-corrected chi connectivity index (χ1v) is 13.4. The van der Waals surface area contributed by atoms with E-state index in [0.29, 0.717) is 18.9 Å². The monoisotopic (exact) mass is 569 g/mol. The number of hydrogen-bond donors (Lipinski definition) is 1. The number of alkyl halides is 3. The molecule has 38 heavy (non-hydrogen) atoms. The lowest BCUT2D eigenvalue weighted by molar-refractivity contribution is -0.137. The molecule has 1 atom stereocenters. The molecule has 1 aromatic heterocycles. The van der Waals surface area contributed by atoms with Gasteiger partial charge >= 0.3 is 12.3 Å². The normalized spacial score (nSPS) is 15.7. The minimum absolute atomic E-state index is 0.0456. The molecule has 13 heteroatoms. The van der Waals surface area contributed by atoms with Gasteiger partial charge in [0.2, 0.25) is 0 Å². The molecule has 0 radical (unpaired) electrons. The summed E-state index contributed by atoms with van der Waals surface area (Å²) in [6, 6.07) is 12.4. The molecule has 0 aliphatic heterocycles. The number of ether oxygens (including phenoxy) is 1. The fraction of sp³-hybridized carbons (Fsp3) is 0.240. The van der Waals surface area contributed by atoms with E-state index in [1.807, 2.05) is 6.07 Å². The SMILES string of the molecule is CS(=O)(=NC(=O)OCc1ccccc1)C1(c2cc(NC(=O)c3cc(Cl)c(C(F)(F)F)cc3F)ccn2)CC1. The Morgan fingerprint density at radius 2 is 1.84 bits per heavy atom. The second-order valence-electron chi connectivity index (χ2n) is 8.62. The van der Waals surface area contributed by atoms with Crippen LogP contribution in [0.3, 0.4) is 0 Å². The summed E-state index contributed by atoms with van der Waals surface area (Å²) in [5.74, 6) is -2.46. The number of anilines is 1. The van der Waals surface area contributed by atoms with Gasteiger partial charge in [-0.05, 0) is 42.7 Å². The average Bonchev–Trinajstić information content (AvgIpc) is 3.67. The maximum absolute atomic E-state index is 14.3. The second-order valence-corrected chi connectivity index (χ2v) is 11.6. The topological polar surface area (TPSA) is 97.7 Å². The standard InChI is InChI=1S/C25H20ClF4N3O4S/c1-38(36,33-23(35)37-14-15-5-3-2-4-6-15)24(8-9-24)21-11-16(7-10-31-21)32-22(34)17-12-19(26)18(13-20(17)27)25(28,29)30/h2-7,10-13H,8-9,14H2,1H3,(H,31,32,34). The molecule has 1 heterocycles. The third-order valence-corrected chi connectivity index (χ3v) is 8.85. The molecule has 7 nitrogen and oxygen atoms in total. The van der Waals surface area contributed by atoms with E-state index in [-0.39, 0.29) is 24.1 Å². The van der Waals surface area contributed by atoms with Gasteiger partial charge in [-0.3, -0.25) is 9.78 Å². The van der Waals surface area contributed by atoms with Crippen LogP contribution in [0.4, 0.5) is 28.0 Å². The first-order chi connectivity index (χ1) is 17.8. The zero-order valence-electron chi connectivity index (χ0n) is 19.7. The minimum Gasteiger partial charge on any atom is -0.443 e. The number of amides is 2. The number of carbonyl (C=O) groups is 2. The van der Waals surface area contributed by atoms with Crippen molar-refractivity contribution in [2.75, 3.05) is 11.6 Å². The number of nitrogens with zero attached hydrogens (tertiary/aromatic N) is 2. The Morgan fingerprint density at radius 3 is 2.47 bits per heavy atom. The van der Waals surface area contributed by atoms with Gasteiger partial charge in [0.05, 0.1) is 36.3 Å². The number of pyridine rings is 1. The number of rotatable bonds is 6. The van der Waals surface area contributed by atoms with E-state index in [1.165, 1.54) is 24.6 Å². The van der Waals surface area contributed by atoms with E-state index in [9.17, 15) is 31.4 Å². The molecule has 0 saturated heterocycles. The van der Waals surface area contributed by atoms with Crippen molar-refractivity contribution in [1.82, 2.24) is 4.98 Å². The van der Waals surface area contributed by atoms with Crippen molar-refractivity contribution < 1.29 is 36.1 Å². The highest BCUT2D eigenvalue weighted by Gasteiger charge is 2.53. The Morgan fingerprint density at radius 1 is 1.16 bits per heavy atom. The second kappa shape index (κ2) is 10.3. The Bertz CT molecular complexity index is 1520. The highest BCUT2D eigenvalue weighted by molar-refractivity contribution is 7.94. The molecule has 1 fully saturated rings. The lowest BCUT2D eigenvalue weighted by Gasteiger charge is -2.18. The van der Waals surface area contributed by atoms with Gasteiger partial charge in [-0.15, -0.1) is 4.36 Å². The van der Waals surface area contributed by atoms with Crippen molar-refractivity contribution in [2.45, 2.75) is 30.4 Å². The Balaban J connectivity index is 1.53. The van der Waals surface area contributed by atoms with Crippen molar-refractivity contribution >= 4 is 39.0 Å². The number of carbonyl (C=O) groups excluding carboxylic acids is 2. The van der Waals surface area contributed by atoms with Gasteiger partial charge in [-0.2, -0.15) is 13.2 Å². The van der Waals surface area contributed by atoms with Crippen LogP contribution >= 0.6 is 11.6 Å². The quantitative estimate of drug-likeness (QED) is 0.339. The molecule has 1 saturated carbocycles. The third-order valence-electron chi connectivity index (χ3n) is 5.97. The fourth-order valence-electron chi connectivity index (χ4n) is 3.81. The van der Waals surface area contributed by atoms with Crippen LogP contribution in [0.2, 0.25) is 5.02 Å². The fourth-order valence-corrected chi connectivity index (χ4v) is 5.95. The van der Waals surface area contributed by atoms with Gasteiger partial charge in [0.1, 0.15) is 12.4 Å². The highest BCUT2D eigenvalue weighted by Crippen LogP contribution is 2.53. The molecule has 2 amide bonds. The molecule has 1 N–H and O–H groups in total. The predicted octanol–water partition coefficient (Wildman–Crippen LogP) is 6.57. The summed E-state index contributed by atoms with van der Waals surface area (Å²) in [5, 5.41) is 1.55. The first kappa shape index (κ1) is 27.5. The zero-order valence-corrected chi connectivity index (χ0v) is 21.3. The molecule has 4 rings (SSSR count). The maximum Gasteiger partial charge on any atom is 0.442 e. The molecule has 3 aromatic rings. The van der Waals surface area contributed by atoms with E-state index >= 15 is 0 Å². The lowest BCUT2D eigenvalue weighted by Crippen LogP contribution is -2.23. The summed E-state index contributed by atoms with van der Waals surface area (Å²) in [6.45, 7) is -0.0456. The van der Waals surface area contributed by atoms with Gasteiger partial charge in [-0.25, -0.2) is 13.4 Å². The van der Waals surface area contributed by atoms with Crippen LogP contribution in [0.15, 0.2) is 65.2 Å². The summed E-state index contributed by atoms with van der Waals surface area (Å²) in [6.07, 6.45) is -2.47. The Kier molecular flexibility index (Phi) is 7.48. The van der Waals surface area contributed by atoms with Crippen LogP contribution in [-0.4, -0.2) is 27.4 Å². The van der Waals surface area contributed by atoms with E-state index < -0.39 is 54.6 Å². The zero-order chi connectivity index (χ0) is 27.7. The molecular formula is C25H20ClF4N3O4S. The van der Waals surface area contributed by atoms with Crippen LogP contribution in [0.25, 0.3) is 0 Å². The van der Waals surface area contributed by atoms with Gasteiger partial charge in [0.15, 0.2) is 0 Å². The first-order valence-electron chi connectivity index (χ1n) is 11.1. The predicted molar refractivity (Wildman–Crippen MR) is 133 cm³/mol. The maximum atomic E-state index is 14.3. The Hall–Kier alpha value is -3.51. The number of benzene rings is 2. The van der Waals surface area contributed by atoms with Gasteiger partial charge < -0.3 is 10.1 Å². The highest BCUT2D eigenvalue weighted by atomic mass is 35.5. The number of nitrogens with one attached hydrogen (secondary N) is 1. The number of halogens is 5.